The van der Waals surface area contributed by atoms with Crippen LogP contribution in [0.15, 0.2) is 48.8 Å². The van der Waals surface area contributed by atoms with Gasteiger partial charge in [0, 0.05) is 18.1 Å². The van der Waals surface area contributed by atoms with E-state index in [9.17, 15) is 0 Å². The lowest BCUT2D eigenvalue weighted by molar-refractivity contribution is 1.32. The third-order valence-corrected chi connectivity index (χ3v) is 2.04. The molecular weight excluding hydrogens is 174 g/mol. The Bertz CT molecular complexity index is 412. The summed E-state index contributed by atoms with van der Waals surface area (Å²) in [6, 6.07) is 11.9. The van der Waals surface area contributed by atoms with Crippen LogP contribution in [0.2, 0.25) is 0 Å². The molecule has 2 aromatic rings. The van der Waals surface area contributed by atoms with Crippen molar-refractivity contribution < 1.29 is 0 Å². The third kappa shape index (κ3) is 1.72. The van der Waals surface area contributed by atoms with Gasteiger partial charge in [0.15, 0.2) is 0 Å². The first-order valence-corrected chi connectivity index (χ1v) is 4.37. The fraction of sp³-hybridized carbons (Fsp3) is 0. The quantitative estimate of drug-likeness (QED) is 0.556. The number of hydrogen-bond acceptors (Lipinski definition) is 3. The second kappa shape index (κ2) is 3.89. The van der Waals surface area contributed by atoms with Crippen molar-refractivity contribution in [1.29, 1.82) is 0 Å². The molecule has 0 aliphatic heterocycles. The summed E-state index contributed by atoms with van der Waals surface area (Å²) in [5.74, 6) is 5.33. The summed E-state index contributed by atoms with van der Waals surface area (Å²) in [4.78, 5) is 3.97. The lowest BCUT2D eigenvalue weighted by Crippen LogP contribution is -2.06. The van der Waals surface area contributed by atoms with Crippen molar-refractivity contribution in [3.05, 3.63) is 48.8 Å². The summed E-state index contributed by atoms with van der Waals surface area (Å²) in [6.07, 6.45) is 3.55. The van der Waals surface area contributed by atoms with Crippen molar-refractivity contribution >= 4 is 5.69 Å². The van der Waals surface area contributed by atoms with Crippen LogP contribution in [-0.2, 0) is 0 Å². The fourth-order valence-corrected chi connectivity index (χ4v) is 1.33. The molecule has 0 unspecified atom stereocenters. The highest BCUT2D eigenvalue weighted by molar-refractivity contribution is 5.67. The van der Waals surface area contributed by atoms with E-state index in [4.69, 9.17) is 5.84 Å². The van der Waals surface area contributed by atoms with Gasteiger partial charge in [0.2, 0.25) is 0 Å². The minimum absolute atomic E-state index is 0.902. The molecule has 0 spiro atoms. The summed E-state index contributed by atoms with van der Waals surface area (Å²) in [5.41, 5.74) is 5.79. The molecule has 70 valence electrons. The molecule has 0 saturated carbocycles. The van der Waals surface area contributed by atoms with E-state index in [1.54, 1.807) is 12.4 Å². The number of nitrogens with one attached hydrogen (secondary N) is 1. The van der Waals surface area contributed by atoms with Gasteiger partial charge < -0.3 is 5.43 Å². The van der Waals surface area contributed by atoms with Gasteiger partial charge in [-0.05, 0) is 35.4 Å². The van der Waals surface area contributed by atoms with Crippen molar-refractivity contribution in [3.63, 3.8) is 0 Å². The van der Waals surface area contributed by atoms with Crippen molar-refractivity contribution in [2.45, 2.75) is 0 Å². The Morgan fingerprint density at radius 3 is 2.50 bits per heavy atom. The first-order valence-electron chi connectivity index (χ1n) is 4.37. The van der Waals surface area contributed by atoms with Crippen LogP contribution in [0.3, 0.4) is 0 Å². The molecule has 2 rings (SSSR count). The van der Waals surface area contributed by atoms with E-state index in [-0.39, 0.29) is 0 Å². The first kappa shape index (κ1) is 8.72. The summed E-state index contributed by atoms with van der Waals surface area (Å²) >= 11 is 0. The van der Waals surface area contributed by atoms with Crippen LogP contribution in [0.25, 0.3) is 11.1 Å². The normalized spacial score (nSPS) is 9.79. The summed E-state index contributed by atoms with van der Waals surface area (Å²) in [6.45, 7) is 0. The molecule has 14 heavy (non-hydrogen) atoms. The number of rotatable bonds is 2. The maximum absolute atomic E-state index is 5.33. The Balaban J connectivity index is 2.42. The van der Waals surface area contributed by atoms with Gasteiger partial charge in [0.25, 0.3) is 0 Å². The van der Waals surface area contributed by atoms with Gasteiger partial charge in [-0.25, -0.2) is 0 Å². The maximum Gasteiger partial charge on any atom is 0.0491 e. The molecule has 1 heterocycles. The smallest absolute Gasteiger partial charge is 0.0491 e. The SMILES string of the molecule is NNc1cccc(-c2ccncc2)c1. The summed E-state index contributed by atoms with van der Waals surface area (Å²) in [7, 11) is 0. The first-order chi connectivity index (χ1) is 6.90. The zero-order valence-corrected chi connectivity index (χ0v) is 7.64. The van der Waals surface area contributed by atoms with Gasteiger partial charge in [0.05, 0.1) is 0 Å². The average molecular weight is 185 g/mol. The van der Waals surface area contributed by atoms with Crippen LogP contribution in [0, 0.1) is 0 Å². The summed E-state index contributed by atoms with van der Waals surface area (Å²) in [5, 5.41) is 0. The molecule has 0 radical (unpaired) electrons. The number of nitrogens with zero attached hydrogens (tertiary/aromatic N) is 1. The van der Waals surface area contributed by atoms with E-state index < -0.39 is 0 Å². The topological polar surface area (TPSA) is 50.9 Å². The Kier molecular flexibility index (Phi) is 2.42. The van der Waals surface area contributed by atoms with E-state index in [0.29, 0.717) is 0 Å². The zero-order valence-electron chi connectivity index (χ0n) is 7.64. The molecule has 1 aromatic carbocycles. The number of nitrogens with two attached hydrogens (primary N) is 1. The Morgan fingerprint density at radius 2 is 1.79 bits per heavy atom. The van der Waals surface area contributed by atoms with Crippen molar-refractivity contribution in [3.8, 4) is 11.1 Å². The molecule has 3 N–H and O–H groups in total. The number of hydrogen-bond donors (Lipinski definition) is 2. The van der Waals surface area contributed by atoms with Crippen LogP contribution in [0.1, 0.15) is 0 Å². The molecule has 1 aromatic heterocycles. The van der Waals surface area contributed by atoms with Gasteiger partial charge in [-0.2, -0.15) is 0 Å². The lowest BCUT2D eigenvalue weighted by Gasteiger charge is -2.03. The second-order valence-electron chi connectivity index (χ2n) is 2.96. The predicted molar refractivity (Wildman–Crippen MR) is 57.5 cm³/mol. The molecule has 0 saturated heterocycles. The maximum atomic E-state index is 5.33. The Labute approximate surface area is 82.6 Å². The largest absolute Gasteiger partial charge is 0.324 e. The number of anilines is 1. The molecule has 0 amide bonds. The molecule has 0 fully saturated rings. The highest BCUT2D eigenvalue weighted by Gasteiger charge is 1.96. The van der Waals surface area contributed by atoms with Crippen LogP contribution in [-0.4, -0.2) is 4.98 Å². The Morgan fingerprint density at radius 1 is 1.00 bits per heavy atom. The van der Waals surface area contributed by atoms with Gasteiger partial charge in [-0.1, -0.05) is 12.1 Å². The molecule has 3 nitrogen and oxygen atoms in total. The third-order valence-electron chi connectivity index (χ3n) is 2.04. The number of pyridine rings is 1. The van der Waals surface area contributed by atoms with E-state index in [1.165, 1.54) is 0 Å². The molecule has 0 aliphatic carbocycles. The highest BCUT2D eigenvalue weighted by Crippen LogP contribution is 2.20. The van der Waals surface area contributed by atoms with Crippen LogP contribution in [0.4, 0.5) is 5.69 Å². The van der Waals surface area contributed by atoms with Crippen LogP contribution >= 0.6 is 0 Å². The predicted octanol–water partition coefficient (Wildman–Crippen LogP) is 2.03. The van der Waals surface area contributed by atoms with E-state index in [2.05, 4.69) is 10.4 Å². The number of hydrazine groups is 1. The second-order valence-corrected chi connectivity index (χ2v) is 2.96. The van der Waals surface area contributed by atoms with E-state index in [0.717, 1.165) is 16.8 Å². The van der Waals surface area contributed by atoms with E-state index >= 15 is 0 Å². The molecular formula is C11H11N3. The van der Waals surface area contributed by atoms with E-state index in [1.807, 2.05) is 36.4 Å². The molecule has 0 bridgehead atoms. The van der Waals surface area contributed by atoms with Crippen molar-refractivity contribution in [1.82, 2.24) is 4.98 Å². The number of aromatic nitrogens is 1. The summed E-state index contributed by atoms with van der Waals surface area (Å²) < 4.78 is 0. The highest BCUT2D eigenvalue weighted by atomic mass is 15.2. The van der Waals surface area contributed by atoms with Crippen LogP contribution < -0.4 is 11.3 Å². The lowest BCUT2D eigenvalue weighted by atomic mass is 10.1. The number of benzene rings is 1. The fourth-order valence-electron chi connectivity index (χ4n) is 1.33. The zero-order chi connectivity index (χ0) is 9.80. The van der Waals surface area contributed by atoms with Gasteiger partial charge in [-0.3, -0.25) is 10.8 Å². The average Bonchev–Trinajstić information content (AvgIpc) is 2.30. The Hall–Kier alpha value is -1.87. The van der Waals surface area contributed by atoms with Crippen molar-refractivity contribution in [2.75, 3.05) is 5.43 Å². The van der Waals surface area contributed by atoms with Crippen molar-refractivity contribution in [2.24, 2.45) is 5.84 Å². The minimum atomic E-state index is 0.902. The minimum Gasteiger partial charge on any atom is -0.324 e. The van der Waals surface area contributed by atoms with Gasteiger partial charge in [0.1, 0.15) is 0 Å². The van der Waals surface area contributed by atoms with Gasteiger partial charge in [-0.15, -0.1) is 0 Å². The molecule has 3 heteroatoms. The van der Waals surface area contributed by atoms with Crippen LogP contribution in [0.5, 0.6) is 0 Å². The molecule has 0 aliphatic rings. The number of nitrogen functional groups attached to an aromatic ring is 1. The van der Waals surface area contributed by atoms with Gasteiger partial charge >= 0.3 is 0 Å². The molecule has 0 atom stereocenters. The standard InChI is InChI=1S/C11H11N3/c12-14-11-3-1-2-10(8-11)9-4-6-13-7-5-9/h1-8,14H,12H2. The monoisotopic (exact) mass is 185 g/mol.